The molecule has 3 rings (SSSR count). The molecule has 1 amide bonds. The summed E-state index contributed by atoms with van der Waals surface area (Å²) >= 11 is 1.36. The van der Waals surface area contributed by atoms with E-state index in [0.717, 1.165) is 28.3 Å². The second-order valence-electron chi connectivity index (χ2n) is 6.43. The van der Waals surface area contributed by atoms with Crippen LogP contribution in [0.1, 0.15) is 11.3 Å². The fraction of sp³-hybridized carbons (Fsp3) is 0.227. The number of amides is 1. The first kappa shape index (κ1) is 19.9. The van der Waals surface area contributed by atoms with Gasteiger partial charge in [0.15, 0.2) is 5.16 Å². The van der Waals surface area contributed by atoms with Crippen molar-refractivity contribution in [3.63, 3.8) is 0 Å². The van der Waals surface area contributed by atoms with E-state index in [9.17, 15) is 4.79 Å². The summed E-state index contributed by atoms with van der Waals surface area (Å²) in [4.78, 5) is 23.3. The van der Waals surface area contributed by atoms with Gasteiger partial charge in [0, 0.05) is 24.8 Å². The average molecular weight is 394 g/mol. The molecule has 0 spiro atoms. The number of benzene rings is 2. The Morgan fingerprint density at radius 3 is 2.61 bits per heavy atom. The number of aromatic nitrogens is 2. The fourth-order valence-corrected chi connectivity index (χ4v) is 3.58. The summed E-state index contributed by atoms with van der Waals surface area (Å²) in [5.41, 5.74) is 3.82. The Bertz CT molecular complexity index is 948. The molecule has 2 aromatic carbocycles. The quantitative estimate of drug-likeness (QED) is 0.445. The fourth-order valence-electron chi connectivity index (χ4n) is 2.73. The number of aryl methyl sites for hydroxylation is 1. The summed E-state index contributed by atoms with van der Waals surface area (Å²) in [7, 11) is 3.44. The second kappa shape index (κ2) is 9.37. The van der Waals surface area contributed by atoms with Crippen LogP contribution in [-0.2, 0) is 11.3 Å². The molecule has 0 saturated carbocycles. The SMILES string of the molecule is COc1cccc(CN(C)C(=O)CSc2nc(C)cc(-c3ccccc3)n2)c1. The zero-order valence-corrected chi connectivity index (χ0v) is 17.1. The Morgan fingerprint density at radius 2 is 1.86 bits per heavy atom. The minimum atomic E-state index is 0.0270. The standard InChI is InChI=1S/C22H23N3O2S/c1-16-12-20(18-9-5-4-6-10-18)24-22(23-16)28-15-21(26)25(2)14-17-8-7-11-19(13-17)27-3/h4-13H,14-15H2,1-3H3. The maximum Gasteiger partial charge on any atom is 0.233 e. The molecular weight excluding hydrogens is 370 g/mol. The number of hydrogen-bond acceptors (Lipinski definition) is 5. The van der Waals surface area contributed by atoms with Gasteiger partial charge in [-0.2, -0.15) is 0 Å². The first-order valence-electron chi connectivity index (χ1n) is 8.96. The highest BCUT2D eigenvalue weighted by Crippen LogP contribution is 2.22. The molecule has 0 aliphatic carbocycles. The molecule has 5 nitrogen and oxygen atoms in total. The van der Waals surface area contributed by atoms with Crippen LogP contribution in [0.2, 0.25) is 0 Å². The van der Waals surface area contributed by atoms with Gasteiger partial charge in [0.05, 0.1) is 18.6 Å². The molecule has 6 heteroatoms. The van der Waals surface area contributed by atoms with Crippen LogP contribution in [0.25, 0.3) is 11.3 Å². The first-order chi connectivity index (χ1) is 13.5. The van der Waals surface area contributed by atoms with Crippen molar-refractivity contribution in [1.82, 2.24) is 14.9 Å². The third kappa shape index (κ3) is 5.33. The lowest BCUT2D eigenvalue weighted by Gasteiger charge is -2.17. The van der Waals surface area contributed by atoms with Crippen LogP contribution in [0.4, 0.5) is 0 Å². The Morgan fingerprint density at radius 1 is 1.07 bits per heavy atom. The number of nitrogens with zero attached hydrogens (tertiary/aromatic N) is 3. The largest absolute Gasteiger partial charge is 0.497 e. The highest BCUT2D eigenvalue weighted by atomic mass is 32.2. The summed E-state index contributed by atoms with van der Waals surface area (Å²) in [5, 5.41) is 0.613. The van der Waals surface area contributed by atoms with Crippen LogP contribution in [0.5, 0.6) is 5.75 Å². The van der Waals surface area contributed by atoms with Gasteiger partial charge in [0.1, 0.15) is 5.75 Å². The van der Waals surface area contributed by atoms with Crippen molar-refractivity contribution in [1.29, 1.82) is 0 Å². The van der Waals surface area contributed by atoms with E-state index in [-0.39, 0.29) is 11.7 Å². The zero-order chi connectivity index (χ0) is 19.9. The average Bonchev–Trinajstić information content (AvgIpc) is 2.72. The minimum Gasteiger partial charge on any atom is -0.497 e. The van der Waals surface area contributed by atoms with Crippen LogP contribution in [0.3, 0.4) is 0 Å². The van der Waals surface area contributed by atoms with E-state index in [4.69, 9.17) is 4.74 Å². The first-order valence-corrected chi connectivity index (χ1v) is 9.94. The number of carbonyl (C=O) groups excluding carboxylic acids is 1. The molecule has 0 unspecified atom stereocenters. The van der Waals surface area contributed by atoms with E-state index in [1.165, 1.54) is 11.8 Å². The lowest BCUT2D eigenvalue weighted by Crippen LogP contribution is -2.27. The second-order valence-corrected chi connectivity index (χ2v) is 7.38. The van der Waals surface area contributed by atoms with Crippen molar-refractivity contribution in [3.05, 3.63) is 71.9 Å². The van der Waals surface area contributed by atoms with E-state index >= 15 is 0 Å². The van der Waals surface area contributed by atoms with Crippen LogP contribution in [-0.4, -0.2) is 40.7 Å². The number of thioether (sulfide) groups is 1. The minimum absolute atomic E-state index is 0.0270. The van der Waals surface area contributed by atoms with E-state index in [1.54, 1.807) is 19.1 Å². The van der Waals surface area contributed by atoms with Crippen LogP contribution < -0.4 is 4.74 Å². The summed E-state index contributed by atoms with van der Waals surface area (Å²) < 4.78 is 5.24. The van der Waals surface area contributed by atoms with Gasteiger partial charge in [-0.25, -0.2) is 9.97 Å². The normalized spacial score (nSPS) is 10.5. The summed E-state index contributed by atoms with van der Waals surface area (Å²) in [6, 6.07) is 19.7. The topological polar surface area (TPSA) is 55.3 Å². The molecule has 1 heterocycles. The Labute approximate surface area is 169 Å². The number of methoxy groups -OCH3 is 1. The van der Waals surface area contributed by atoms with Gasteiger partial charge in [0.25, 0.3) is 0 Å². The molecule has 1 aromatic heterocycles. The summed E-state index contributed by atoms with van der Waals surface area (Å²) in [6.07, 6.45) is 0. The maximum absolute atomic E-state index is 12.5. The third-order valence-corrected chi connectivity index (χ3v) is 5.04. The van der Waals surface area contributed by atoms with Crippen molar-refractivity contribution in [3.8, 4) is 17.0 Å². The van der Waals surface area contributed by atoms with Gasteiger partial charge in [0.2, 0.25) is 5.91 Å². The molecule has 0 N–H and O–H groups in total. The van der Waals surface area contributed by atoms with Gasteiger partial charge in [-0.15, -0.1) is 0 Å². The van der Waals surface area contributed by atoms with E-state index in [2.05, 4.69) is 9.97 Å². The third-order valence-electron chi connectivity index (χ3n) is 4.21. The highest BCUT2D eigenvalue weighted by Gasteiger charge is 2.12. The molecule has 0 fully saturated rings. The lowest BCUT2D eigenvalue weighted by molar-refractivity contribution is -0.127. The van der Waals surface area contributed by atoms with Gasteiger partial charge in [-0.1, -0.05) is 54.2 Å². The number of rotatable bonds is 7. The Kier molecular flexibility index (Phi) is 6.66. The van der Waals surface area contributed by atoms with Crippen molar-refractivity contribution in [2.45, 2.75) is 18.6 Å². The van der Waals surface area contributed by atoms with Crippen LogP contribution >= 0.6 is 11.8 Å². The highest BCUT2D eigenvalue weighted by molar-refractivity contribution is 7.99. The van der Waals surface area contributed by atoms with Gasteiger partial charge in [-0.05, 0) is 30.7 Å². The summed E-state index contributed by atoms with van der Waals surface area (Å²) in [6.45, 7) is 2.47. The van der Waals surface area contributed by atoms with Crippen LogP contribution in [0.15, 0.2) is 65.8 Å². The maximum atomic E-state index is 12.5. The van der Waals surface area contributed by atoms with E-state index in [0.29, 0.717) is 11.7 Å². The van der Waals surface area contributed by atoms with Crippen molar-refractivity contribution < 1.29 is 9.53 Å². The molecule has 0 saturated heterocycles. The monoisotopic (exact) mass is 393 g/mol. The van der Waals surface area contributed by atoms with Crippen molar-refractivity contribution in [2.24, 2.45) is 0 Å². The van der Waals surface area contributed by atoms with E-state index < -0.39 is 0 Å². The van der Waals surface area contributed by atoms with Crippen molar-refractivity contribution >= 4 is 17.7 Å². The van der Waals surface area contributed by atoms with Crippen molar-refractivity contribution in [2.75, 3.05) is 19.9 Å². The van der Waals surface area contributed by atoms with Gasteiger partial charge < -0.3 is 9.64 Å². The molecule has 0 aliphatic rings. The molecule has 28 heavy (non-hydrogen) atoms. The Balaban J connectivity index is 1.63. The van der Waals surface area contributed by atoms with E-state index in [1.807, 2.05) is 67.6 Å². The smallest absolute Gasteiger partial charge is 0.233 e. The molecule has 0 atom stereocenters. The molecular formula is C22H23N3O2S. The van der Waals surface area contributed by atoms with Gasteiger partial charge in [-0.3, -0.25) is 4.79 Å². The Hall–Kier alpha value is -2.86. The zero-order valence-electron chi connectivity index (χ0n) is 16.3. The number of carbonyl (C=O) groups is 1. The number of hydrogen-bond donors (Lipinski definition) is 0. The predicted octanol–water partition coefficient (Wildman–Crippen LogP) is 4.21. The molecule has 0 bridgehead atoms. The molecule has 0 radical (unpaired) electrons. The summed E-state index contributed by atoms with van der Waals surface area (Å²) in [5.74, 6) is 1.10. The molecule has 144 valence electrons. The molecule has 3 aromatic rings. The lowest BCUT2D eigenvalue weighted by atomic mass is 10.1. The molecule has 0 aliphatic heterocycles. The predicted molar refractivity (Wildman–Crippen MR) is 112 cm³/mol. The van der Waals surface area contributed by atoms with Gasteiger partial charge >= 0.3 is 0 Å². The van der Waals surface area contributed by atoms with Crippen LogP contribution in [0, 0.1) is 6.92 Å². The number of ether oxygens (including phenoxy) is 1.